The number of nitrogens with one attached hydrogen (secondary N) is 1. The second kappa shape index (κ2) is 5.61. The van der Waals surface area contributed by atoms with Crippen LogP contribution in [0.4, 0.5) is 4.39 Å². The minimum atomic E-state index is -0.190. The van der Waals surface area contributed by atoms with E-state index in [1.54, 1.807) is 6.07 Å². The van der Waals surface area contributed by atoms with Crippen molar-refractivity contribution in [3.63, 3.8) is 0 Å². The molecule has 94 valence electrons. The molecule has 2 atom stereocenters. The van der Waals surface area contributed by atoms with E-state index in [2.05, 4.69) is 5.32 Å². The zero-order valence-electron chi connectivity index (χ0n) is 10.2. The summed E-state index contributed by atoms with van der Waals surface area (Å²) in [6.07, 6.45) is 3.77. The van der Waals surface area contributed by atoms with E-state index >= 15 is 0 Å². The van der Waals surface area contributed by atoms with Crippen LogP contribution in [0.15, 0.2) is 18.2 Å². The van der Waals surface area contributed by atoms with Crippen molar-refractivity contribution < 1.29 is 9.50 Å². The molecule has 1 aliphatic rings. The summed E-state index contributed by atoms with van der Waals surface area (Å²) < 4.78 is 12.9. The van der Waals surface area contributed by atoms with Gasteiger partial charge in [-0.25, -0.2) is 4.39 Å². The predicted molar refractivity (Wildman–Crippen MR) is 66.5 cm³/mol. The molecule has 17 heavy (non-hydrogen) atoms. The Morgan fingerprint density at radius 2 is 2.24 bits per heavy atom. The van der Waals surface area contributed by atoms with Gasteiger partial charge in [0.05, 0.1) is 6.10 Å². The summed E-state index contributed by atoms with van der Waals surface area (Å²) in [5, 5.41) is 13.0. The topological polar surface area (TPSA) is 32.3 Å². The first-order valence-corrected chi connectivity index (χ1v) is 6.33. The van der Waals surface area contributed by atoms with Crippen LogP contribution in [0.1, 0.15) is 30.4 Å². The van der Waals surface area contributed by atoms with Crippen molar-refractivity contribution in [2.45, 2.75) is 44.8 Å². The van der Waals surface area contributed by atoms with Crippen LogP contribution in [0, 0.1) is 12.7 Å². The molecule has 1 saturated carbocycles. The summed E-state index contributed by atoms with van der Waals surface area (Å²) in [4.78, 5) is 0. The summed E-state index contributed by atoms with van der Waals surface area (Å²) in [6, 6.07) is 5.17. The molecule has 0 radical (unpaired) electrons. The maximum absolute atomic E-state index is 12.9. The number of aryl methyl sites for hydroxylation is 1. The van der Waals surface area contributed by atoms with Crippen LogP contribution in [-0.4, -0.2) is 23.8 Å². The molecule has 1 fully saturated rings. The van der Waals surface area contributed by atoms with E-state index < -0.39 is 0 Å². The standard InChI is InChI=1S/C14H20FNO/c1-10-9-12(15)6-5-11(10)7-8-16-13-3-2-4-14(13)17/h5-6,9,13-14,16-17H,2-4,7-8H2,1H3. The minimum absolute atomic E-state index is 0.176. The smallest absolute Gasteiger partial charge is 0.123 e. The average Bonchev–Trinajstić information content (AvgIpc) is 2.68. The molecule has 2 rings (SSSR count). The fourth-order valence-electron chi connectivity index (χ4n) is 2.51. The van der Waals surface area contributed by atoms with E-state index in [1.807, 2.05) is 13.0 Å². The third-order valence-electron chi connectivity index (χ3n) is 3.58. The first-order chi connectivity index (χ1) is 8.16. The van der Waals surface area contributed by atoms with Crippen molar-refractivity contribution >= 4 is 0 Å². The van der Waals surface area contributed by atoms with E-state index in [0.29, 0.717) is 0 Å². The van der Waals surface area contributed by atoms with Crippen LogP contribution < -0.4 is 5.32 Å². The van der Waals surface area contributed by atoms with Crippen LogP contribution >= 0.6 is 0 Å². The number of hydrogen-bond acceptors (Lipinski definition) is 2. The van der Waals surface area contributed by atoms with Crippen molar-refractivity contribution in [1.82, 2.24) is 5.32 Å². The number of hydrogen-bond donors (Lipinski definition) is 2. The van der Waals surface area contributed by atoms with Gasteiger partial charge in [-0.15, -0.1) is 0 Å². The number of rotatable bonds is 4. The Hall–Kier alpha value is -0.930. The van der Waals surface area contributed by atoms with Gasteiger partial charge in [-0.05, 0) is 62.4 Å². The van der Waals surface area contributed by atoms with E-state index in [-0.39, 0.29) is 18.0 Å². The van der Waals surface area contributed by atoms with Crippen LogP contribution in [0.2, 0.25) is 0 Å². The molecule has 1 aliphatic carbocycles. The van der Waals surface area contributed by atoms with Crippen LogP contribution in [0.25, 0.3) is 0 Å². The lowest BCUT2D eigenvalue weighted by Crippen LogP contribution is -2.36. The molecule has 1 aromatic rings. The Kier molecular flexibility index (Phi) is 4.13. The zero-order valence-corrected chi connectivity index (χ0v) is 10.2. The molecule has 0 spiro atoms. The molecule has 0 bridgehead atoms. The molecule has 2 nitrogen and oxygen atoms in total. The maximum Gasteiger partial charge on any atom is 0.123 e. The van der Waals surface area contributed by atoms with Gasteiger partial charge in [0.15, 0.2) is 0 Å². The molecule has 0 amide bonds. The largest absolute Gasteiger partial charge is 0.392 e. The molecule has 2 unspecified atom stereocenters. The summed E-state index contributed by atoms with van der Waals surface area (Å²) in [6.45, 7) is 2.77. The van der Waals surface area contributed by atoms with E-state index in [1.165, 1.54) is 11.6 Å². The third-order valence-corrected chi connectivity index (χ3v) is 3.58. The van der Waals surface area contributed by atoms with E-state index in [4.69, 9.17) is 0 Å². The Balaban J connectivity index is 1.81. The van der Waals surface area contributed by atoms with Gasteiger partial charge in [0.1, 0.15) is 5.82 Å². The first-order valence-electron chi connectivity index (χ1n) is 6.33. The fourth-order valence-corrected chi connectivity index (χ4v) is 2.51. The Bertz CT molecular complexity index is 380. The van der Waals surface area contributed by atoms with Gasteiger partial charge in [-0.3, -0.25) is 0 Å². The number of halogens is 1. The predicted octanol–water partition coefficient (Wildman–Crippen LogP) is 2.18. The summed E-state index contributed by atoms with van der Waals surface area (Å²) in [5.41, 5.74) is 2.17. The maximum atomic E-state index is 12.9. The van der Waals surface area contributed by atoms with Crippen molar-refractivity contribution in [1.29, 1.82) is 0 Å². The van der Waals surface area contributed by atoms with Crippen LogP contribution in [0.5, 0.6) is 0 Å². The van der Waals surface area contributed by atoms with Crippen molar-refractivity contribution in [3.05, 3.63) is 35.1 Å². The summed E-state index contributed by atoms with van der Waals surface area (Å²) >= 11 is 0. The normalized spacial score (nSPS) is 24.2. The van der Waals surface area contributed by atoms with Crippen molar-refractivity contribution in [2.75, 3.05) is 6.54 Å². The quantitative estimate of drug-likeness (QED) is 0.841. The summed E-state index contributed by atoms with van der Waals surface area (Å²) in [7, 11) is 0. The Labute approximate surface area is 102 Å². The van der Waals surface area contributed by atoms with E-state index in [0.717, 1.165) is 37.8 Å². The van der Waals surface area contributed by atoms with Crippen LogP contribution in [-0.2, 0) is 6.42 Å². The van der Waals surface area contributed by atoms with Gasteiger partial charge >= 0.3 is 0 Å². The lowest BCUT2D eigenvalue weighted by atomic mass is 10.1. The van der Waals surface area contributed by atoms with Gasteiger partial charge in [-0.1, -0.05) is 6.07 Å². The van der Waals surface area contributed by atoms with Gasteiger partial charge < -0.3 is 10.4 Å². The van der Waals surface area contributed by atoms with Gasteiger partial charge in [0.25, 0.3) is 0 Å². The molecular weight excluding hydrogens is 217 g/mol. The monoisotopic (exact) mass is 237 g/mol. The van der Waals surface area contributed by atoms with E-state index in [9.17, 15) is 9.50 Å². The van der Waals surface area contributed by atoms with Crippen molar-refractivity contribution in [2.24, 2.45) is 0 Å². The fraction of sp³-hybridized carbons (Fsp3) is 0.571. The highest BCUT2D eigenvalue weighted by molar-refractivity contribution is 5.26. The molecule has 0 aromatic heterocycles. The van der Waals surface area contributed by atoms with Gasteiger partial charge in [0.2, 0.25) is 0 Å². The number of aliphatic hydroxyl groups is 1. The second-order valence-electron chi connectivity index (χ2n) is 4.88. The lowest BCUT2D eigenvalue weighted by molar-refractivity contribution is 0.149. The van der Waals surface area contributed by atoms with Crippen LogP contribution in [0.3, 0.4) is 0 Å². The average molecular weight is 237 g/mol. The highest BCUT2D eigenvalue weighted by Gasteiger charge is 2.23. The number of benzene rings is 1. The molecule has 2 N–H and O–H groups in total. The lowest BCUT2D eigenvalue weighted by Gasteiger charge is -2.16. The van der Waals surface area contributed by atoms with Crippen molar-refractivity contribution in [3.8, 4) is 0 Å². The molecule has 1 aromatic carbocycles. The SMILES string of the molecule is Cc1cc(F)ccc1CCNC1CCCC1O. The highest BCUT2D eigenvalue weighted by atomic mass is 19.1. The summed E-state index contributed by atoms with van der Waals surface area (Å²) in [5.74, 6) is -0.176. The molecule has 0 saturated heterocycles. The molecule has 0 aliphatic heterocycles. The zero-order chi connectivity index (χ0) is 12.3. The third kappa shape index (κ3) is 3.27. The van der Waals surface area contributed by atoms with Gasteiger partial charge in [0, 0.05) is 6.04 Å². The second-order valence-corrected chi connectivity index (χ2v) is 4.88. The molecular formula is C14H20FNO. The number of aliphatic hydroxyl groups excluding tert-OH is 1. The molecule has 0 heterocycles. The minimum Gasteiger partial charge on any atom is -0.392 e. The highest BCUT2D eigenvalue weighted by Crippen LogP contribution is 2.18. The van der Waals surface area contributed by atoms with Gasteiger partial charge in [-0.2, -0.15) is 0 Å². The molecule has 3 heteroatoms. The first kappa shape index (κ1) is 12.5. The Morgan fingerprint density at radius 1 is 1.41 bits per heavy atom. The Morgan fingerprint density at radius 3 is 2.88 bits per heavy atom.